The van der Waals surface area contributed by atoms with Crippen molar-refractivity contribution >= 4 is 0 Å². The van der Waals surface area contributed by atoms with Gasteiger partial charge in [0, 0.05) is 0 Å². The zero-order valence-electron chi connectivity index (χ0n) is 15.6. The Hall–Kier alpha value is -2.44. The predicted molar refractivity (Wildman–Crippen MR) is 107 cm³/mol. The molecule has 124 valence electrons. The smallest absolute Gasteiger partial charge is 0.00258 e. The van der Waals surface area contributed by atoms with Gasteiger partial charge in [0.2, 0.25) is 0 Å². The maximum Gasteiger partial charge on any atom is -0.00258 e. The van der Waals surface area contributed by atoms with Crippen molar-refractivity contribution in [1.29, 1.82) is 0 Å². The summed E-state index contributed by atoms with van der Waals surface area (Å²) in [4.78, 5) is 0. The van der Waals surface area contributed by atoms with Gasteiger partial charge in [-0.2, -0.15) is 0 Å². The normalized spacial score (nSPS) is 6.78. The lowest BCUT2D eigenvalue weighted by Crippen LogP contribution is -1.85. The molecule has 0 unspecified atom stereocenters. The first-order valence-electron chi connectivity index (χ1n) is 8.11. The second kappa shape index (κ2) is 24.6. The Morgan fingerprint density at radius 2 is 0.826 bits per heavy atom. The largest absolute Gasteiger partial charge is 0.120 e. The van der Waals surface area contributed by atoms with Crippen LogP contribution in [0.3, 0.4) is 0 Å². The highest BCUT2D eigenvalue weighted by Crippen LogP contribution is 2.07. The fourth-order valence-corrected chi connectivity index (χ4v) is 1.43. The first-order valence-corrected chi connectivity index (χ1v) is 8.11. The Balaban J connectivity index is -0.000000339. The molecule has 0 aliphatic heterocycles. The van der Waals surface area contributed by atoms with Crippen molar-refractivity contribution in [2.75, 3.05) is 0 Å². The van der Waals surface area contributed by atoms with Crippen LogP contribution >= 0.6 is 0 Å². The minimum Gasteiger partial charge on any atom is -0.120 e. The molecule has 0 spiro atoms. The summed E-state index contributed by atoms with van der Waals surface area (Å²) in [6, 6.07) is 21.1. The Labute approximate surface area is 145 Å². The van der Waals surface area contributed by atoms with Crippen molar-refractivity contribution in [2.24, 2.45) is 0 Å². The van der Waals surface area contributed by atoms with E-state index in [1.807, 2.05) is 27.7 Å². The molecule has 0 aliphatic rings. The van der Waals surface area contributed by atoms with Gasteiger partial charge < -0.3 is 0 Å². The first kappa shape index (κ1) is 25.5. The molecule has 2 aromatic rings. The zero-order chi connectivity index (χ0) is 18.3. The average Bonchev–Trinajstić information content (AvgIpc) is 2.62. The summed E-state index contributed by atoms with van der Waals surface area (Å²) in [6.07, 6.45) is 10.2. The summed E-state index contributed by atoms with van der Waals surface area (Å²) in [5.74, 6) is 4.50. The van der Waals surface area contributed by atoms with E-state index in [0.29, 0.717) is 0 Å². The molecular formula is C23H32. The van der Waals surface area contributed by atoms with Gasteiger partial charge in [0.1, 0.15) is 0 Å². The SMILES string of the molecule is C#CC.C#CC.CC.CC.c1ccc(Cc2ccccc2)cc1. The van der Waals surface area contributed by atoms with Crippen molar-refractivity contribution in [2.45, 2.75) is 48.0 Å². The van der Waals surface area contributed by atoms with Crippen LogP contribution in [0.2, 0.25) is 0 Å². The molecule has 0 nitrogen and oxygen atoms in total. The second-order valence-electron chi connectivity index (χ2n) is 3.73. The van der Waals surface area contributed by atoms with Gasteiger partial charge in [-0.05, 0) is 31.4 Å². The number of benzene rings is 2. The van der Waals surface area contributed by atoms with Crippen LogP contribution in [0.4, 0.5) is 0 Å². The Kier molecular flexibility index (Phi) is 27.3. The van der Waals surface area contributed by atoms with Crippen LogP contribution in [-0.4, -0.2) is 0 Å². The topological polar surface area (TPSA) is 0 Å². The summed E-state index contributed by atoms with van der Waals surface area (Å²) in [7, 11) is 0. The maximum absolute atomic E-state index is 4.60. The van der Waals surface area contributed by atoms with E-state index in [4.69, 9.17) is 0 Å². The standard InChI is InChI=1S/C13H12.2C3H4.2C2H6/c1-3-7-12(8-4-1)11-13-9-5-2-6-10-13;2*1-3-2;2*1-2/h1-10H,11H2;2*1H,2H3;2*1-2H3. The fourth-order valence-electron chi connectivity index (χ4n) is 1.43. The predicted octanol–water partition coefficient (Wildman–Crippen LogP) is 6.61. The zero-order valence-corrected chi connectivity index (χ0v) is 15.6. The molecule has 0 bridgehead atoms. The van der Waals surface area contributed by atoms with Crippen molar-refractivity contribution < 1.29 is 0 Å². The van der Waals surface area contributed by atoms with E-state index in [0.717, 1.165) is 6.42 Å². The van der Waals surface area contributed by atoms with Crippen molar-refractivity contribution in [1.82, 2.24) is 0 Å². The molecule has 0 N–H and O–H groups in total. The molecule has 0 heterocycles. The highest BCUT2D eigenvalue weighted by atomic mass is 14.0. The third-order valence-corrected chi connectivity index (χ3v) is 2.09. The number of terminal acetylenes is 2. The van der Waals surface area contributed by atoms with Crippen molar-refractivity contribution in [3.05, 3.63) is 71.8 Å². The maximum atomic E-state index is 4.60. The lowest BCUT2D eigenvalue weighted by atomic mass is 10.1. The third-order valence-electron chi connectivity index (χ3n) is 2.09. The molecule has 0 atom stereocenters. The summed E-state index contributed by atoms with van der Waals surface area (Å²) >= 11 is 0. The van der Waals surface area contributed by atoms with Gasteiger partial charge in [0.15, 0.2) is 0 Å². The van der Waals surface area contributed by atoms with Gasteiger partial charge in [0.05, 0.1) is 0 Å². The van der Waals surface area contributed by atoms with E-state index < -0.39 is 0 Å². The molecule has 0 saturated carbocycles. The molecule has 0 aromatic heterocycles. The molecule has 0 saturated heterocycles. The molecule has 23 heavy (non-hydrogen) atoms. The minimum atomic E-state index is 1.03. The second-order valence-corrected chi connectivity index (χ2v) is 3.73. The van der Waals surface area contributed by atoms with E-state index in [1.54, 1.807) is 13.8 Å². The third kappa shape index (κ3) is 19.6. The van der Waals surface area contributed by atoms with Gasteiger partial charge in [-0.1, -0.05) is 88.4 Å². The van der Waals surface area contributed by atoms with Crippen molar-refractivity contribution in [3.63, 3.8) is 0 Å². The van der Waals surface area contributed by atoms with Crippen LogP contribution in [-0.2, 0) is 6.42 Å². The van der Waals surface area contributed by atoms with E-state index in [2.05, 4.69) is 85.4 Å². The Morgan fingerprint density at radius 3 is 1.04 bits per heavy atom. The van der Waals surface area contributed by atoms with E-state index in [-0.39, 0.29) is 0 Å². The van der Waals surface area contributed by atoms with Gasteiger partial charge in [-0.3, -0.25) is 0 Å². The number of rotatable bonds is 2. The monoisotopic (exact) mass is 308 g/mol. The minimum absolute atomic E-state index is 1.03. The molecule has 0 fully saturated rings. The molecular weight excluding hydrogens is 276 g/mol. The van der Waals surface area contributed by atoms with Gasteiger partial charge in [0.25, 0.3) is 0 Å². The van der Waals surface area contributed by atoms with Gasteiger partial charge in [-0.25, -0.2) is 0 Å². The molecule has 0 aliphatic carbocycles. The fraction of sp³-hybridized carbons (Fsp3) is 0.304. The summed E-state index contributed by atoms with van der Waals surface area (Å²) < 4.78 is 0. The van der Waals surface area contributed by atoms with Gasteiger partial charge in [-0.15, -0.1) is 24.7 Å². The van der Waals surface area contributed by atoms with E-state index >= 15 is 0 Å². The van der Waals surface area contributed by atoms with Crippen LogP contribution in [0.15, 0.2) is 60.7 Å². The van der Waals surface area contributed by atoms with Crippen LogP contribution in [0, 0.1) is 24.7 Å². The van der Waals surface area contributed by atoms with Crippen LogP contribution in [0.5, 0.6) is 0 Å². The summed E-state index contributed by atoms with van der Waals surface area (Å²) in [5.41, 5.74) is 2.74. The Bertz CT molecular complexity index is 446. The highest BCUT2D eigenvalue weighted by molar-refractivity contribution is 5.25. The van der Waals surface area contributed by atoms with Crippen molar-refractivity contribution in [3.8, 4) is 24.7 Å². The van der Waals surface area contributed by atoms with Crippen LogP contribution in [0.25, 0.3) is 0 Å². The van der Waals surface area contributed by atoms with E-state index in [1.165, 1.54) is 11.1 Å². The quantitative estimate of drug-likeness (QED) is 0.548. The number of hydrogen-bond acceptors (Lipinski definition) is 0. The van der Waals surface area contributed by atoms with Crippen LogP contribution in [0.1, 0.15) is 52.7 Å². The number of hydrogen-bond donors (Lipinski definition) is 0. The Morgan fingerprint density at radius 1 is 0.609 bits per heavy atom. The van der Waals surface area contributed by atoms with E-state index in [9.17, 15) is 0 Å². The molecule has 0 amide bonds. The highest BCUT2D eigenvalue weighted by Gasteiger charge is 1.92. The lowest BCUT2D eigenvalue weighted by molar-refractivity contribution is 1.19. The molecule has 2 rings (SSSR count). The molecule has 0 radical (unpaired) electrons. The molecule has 2 aromatic carbocycles. The van der Waals surface area contributed by atoms with Gasteiger partial charge >= 0.3 is 0 Å². The lowest BCUT2D eigenvalue weighted by Gasteiger charge is -2.00. The molecule has 0 heteroatoms. The van der Waals surface area contributed by atoms with Crippen LogP contribution < -0.4 is 0 Å². The summed E-state index contributed by atoms with van der Waals surface area (Å²) in [5, 5.41) is 0. The summed E-state index contributed by atoms with van der Waals surface area (Å²) in [6.45, 7) is 11.3. The first-order chi connectivity index (χ1) is 11.3. The average molecular weight is 309 g/mol.